The van der Waals surface area contributed by atoms with Gasteiger partial charge < -0.3 is 15.9 Å². The maximum absolute atomic E-state index is 9.85. The molecule has 0 unspecified atom stereocenters. The summed E-state index contributed by atoms with van der Waals surface area (Å²) in [5, 5.41) is 16.0. The van der Waals surface area contributed by atoms with Gasteiger partial charge in [0, 0.05) is 0 Å². The van der Waals surface area contributed by atoms with Crippen LogP contribution in [0.15, 0.2) is 0 Å². The zero-order valence-electron chi connectivity index (χ0n) is 4.57. The molecule has 0 heterocycles. The Kier molecular flexibility index (Phi) is 15.5. The Morgan fingerprint density at radius 2 is 1.73 bits per heavy atom. The van der Waals surface area contributed by atoms with E-state index in [4.69, 9.17) is 15.9 Å². The predicted molar refractivity (Wildman–Crippen MR) is 43.6 cm³/mol. The predicted octanol–water partition coefficient (Wildman–Crippen LogP) is -2.69. The fourth-order valence-electron chi connectivity index (χ4n) is 0.275. The van der Waals surface area contributed by atoms with Crippen LogP contribution in [0.5, 0.6) is 0 Å². The number of hydrogen-bond acceptors (Lipinski definition) is 3. The summed E-state index contributed by atoms with van der Waals surface area (Å²) < 4.78 is 0. The first-order valence-electron chi connectivity index (χ1n) is 2.24. The molecule has 0 bridgehead atoms. The van der Waals surface area contributed by atoms with E-state index in [9.17, 15) is 9.59 Å². The Morgan fingerprint density at radius 3 is 1.82 bits per heavy atom. The third-order valence-electron chi connectivity index (χ3n) is 0.712. The third-order valence-corrected chi connectivity index (χ3v) is 0.712. The van der Waals surface area contributed by atoms with Gasteiger partial charge in [-0.2, -0.15) is 0 Å². The largest absolute Gasteiger partial charge is 0.316 e. The quantitative estimate of drug-likeness (QED) is 0.430. The second-order valence-electron chi connectivity index (χ2n) is 1.54. The van der Waals surface area contributed by atoms with Gasteiger partial charge in [0.15, 0.2) is 0 Å². The summed E-state index contributed by atoms with van der Waals surface area (Å²) in [6.45, 7) is 0. The second-order valence-corrected chi connectivity index (χ2v) is 1.54. The van der Waals surface area contributed by atoms with Crippen molar-refractivity contribution in [3.63, 3.8) is 0 Å². The van der Waals surface area contributed by atoms with Gasteiger partial charge in [0.1, 0.15) is 6.04 Å². The standard InChI is InChI=1S/C4H7NO4.K.Mg.3H/c5-2(4(8)9)1-3(6)7;;;;;/h2H,1,5H2,(H,6,7)(H,8,9);;;;;/t2-;;;;;/m0...../s1. The molecule has 11 heavy (non-hydrogen) atoms. The molecule has 0 spiro atoms. The smallest absolute Gasteiger partial charge is 0.316 e. The molecule has 0 fully saturated rings. The van der Waals surface area contributed by atoms with Crippen LogP contribution in [0.25, 0.3) is 0 Å². The van der Waals surface area contributed by atoms with Gasteiger partial charge in [-0.25, -0.2) is 0 Å². The molecule has 0 aromatic carbocycles. The van der Waals surface area contributed by atoms with Crippen molar-refractivity contribution in [3.05, 3.63) is 0 Å². The summed E-state index contributed by atoms with van der Waals surface area (Å²) in [5.41, 5.74) is 4.84. The van der Waals surface area contributed by atoms with Crippen molar-refractivity contribution < 1.29 is 19.8 Å². The van der Waals surface area contributed by atoms with Gasteiger partial charge in [-0.1, -0.05) is 0 Å². The van der Waals surface area contributed by atoms with Crippen LogP contribution >= 0.6 is 0 Å². The summed E-state index contributed by atoms with van der Waals surface area (Å²) in [7, 11) is 0. The van der Waals surface area contributed by atoms with E-state index in [2.05, 4.69) is 0 Å². The minimum Gasteiger partial charge on any atom is 0.316 e. The van der Waals surface area contributed by atoms with E-state index in [1.54, 1.807) is 0 Å². The van der Waals surface area contributed by atoms with Crippen LogP contribution in [0.2, 0.25) is 0 Å². The molecule has 58 valence electrons. The van der Waals surface area contributed by atoms with Gasteiger partial charge in [0.25, 0.3) is 0 Å². The van der Waals surface area contributed by atoms with Crippen LogP contribution < -0.4 is 5.73 Å². The molecule has 0 aromatic rings. The molecule has 0 aliphatic rings. The molecule has 7 heteroatoms. The number of carbonyl (C=O) groups is 2. The van der Waals surface area contributed by atoms with E-state index >= 15 is 0 Å². The van der Waals surface area contributed by atoms with Crippen LogP contribution in [0.3, 0.4) is 0 Å². The molecular weight excluding hydrogens is 189 g/mol. The Balaban J connectivity index is -0.000000320. The zero-order chi connectivity index (χ0) is 7.44. The van der Waals surface area contributed by atoms with Crippen molar-refractivity contribution >= 4 is 86.4 Å². The van der Waals surface area contributed by atoms with Crippen molar-refractivity contribution in [3.8, 4) is 0 Å². The van der Waals surface area contributed by atoms with Crippen LogP contribution in [0, 0.1) is 0 Å². The average molecular weight is 200 g/mol. The number of rotatable bonds is 3. The van der Waals surface area contributed by atoms with Crippen LogP contribution in [-0.4, -0.2) is 103 Å². The van der Waals surface area contributed by atoms with Crippen molar-refractivity contribution in [2.45, 2.75) is 12.5 Å². The van der Waals surface area contributed by atoms with E-state index in [0.29, 0.717) is 0 Å². The normalized spacial score (nSPS) is 10.3. The molecule has 0 radical (unpaired) electrons. The summed E-state index contributed by atoms with van der Waals surface area (Å²) in [6, 6.07) is -1.29. The van der Waals surface area contributed by atoms with Crippen LogP contribution in [-0.2, 0) is 9.59 Å². The zero-order valence-corrected chi connectivity index (χ0v) is 4.57. The first-order valence-corrected chi connectivity index (χ1v) is 2.24. The summed E-state index contributed by atoms with van der Waals surface area (Å²) in [4.78, 5) is 19.6. The van der Waals surface area contributed by atoms with Gasteiger partial charge in [-0.15, -0.1) is 0 Å². The maximum atomic E-state index is 9.85. The number of nitrogens with two attached hydrogens (primary N) is 1. The van der Waals surface area contributed by atoms with E-state index in [1.807, 2.05) is 0 Å². The minimum atomic E-state index is -1.29. The first kappa shape index (κ1) is 18.2. The van der Waals surface area contributed by atoms with E-state index in [1.165, 1.54) is 0 Å². The fourth-order valence-corrected chi connectivity index (χ4v) is 0.275. The molecular formula is C4H10KMgNO4. The van der Waals surface area contributed by atoms with Crippen molar-refractivity contribution in [2.75, 3.05) is 0 Å². The van der Waals surface area contributed by atoms with Crippen LogP contribution in [0.4, 0.5) is 0 Å². The summed E-state index contributed by atoms with van der Waals surface area (Å²) in [6.07, 6.45) is -0.532. The molecule has 0 aromatic heterocycles. The molecule has 0 aliphatic carbocycles. The van der Waals surface area contributed by atoms with E-state index in [-0.39, 0.29) is 74.4 Å². The summed E-state index contributed by atoms with van der Waals surface area (Å²) in [5.74, 6) is -2.50. The van der Waals surface area contributed by atoms with Crippen molar-refractivity contribution in [2.24, 2.45) is 5.73 Å². The van der Waals surface area contributed by atoms with Crippen molar-refractivity contribution in [1.82, 2.24) is 0 Å². The molecule has 1 atom stereocenters. The summed E-state index contributed by atoms with van der Waals surface area (Å²) >= 11 is 0. The molecule has 0 saturated carbocycles. The van der Waals surface area contributed by atoms with Gasteiger partial charge in [-0.3, -0.25) is 9.59 Å². The van der Waals surface area contributed by atoms with Gasteiger partial charge in [-0.05, 0) is 0 Å². The molecule has 5 nitrogen and oxygen atoms in total. The Bertz CT molecular complexity index is 142. The molecule has 4 N–H and O–H groups in total. The van der Waals surface area contributed by atoms with E-state index < -0.39 is 24.4 Å². The number of hydrogen-bond donors (Lipinski definition) is 3. The first-order chi connectivity index (χ1) is 4.04. The number of carboxylic acids is 2. The Labute approximate surface area is 122 Å². The van der Waals surface area contributed by atoms with Crippen molar-refractivity contribution in [1.29, 1.82) is 0 Å². The maximum Gasteiger partial charge on any atom is 0.316 e. The molecule has 0 rings (SSSR count). The number of aliphatic carboxylic acids is 2. The molecule has 0 amide bonds. The van der Waals surface area contributed by atoms with Gasteiger partial charge in [0.2, 0.25) is 0 Å². The third kappa shape index (κ3) is 11.3. The van der Waals surface area contributed by atoms with Gasteiger partial charge in [0.05, 0.1) is 6.42 Å². The fraction of sp³-hybridized carbons (Fsp3) is 0.500. The second kappa shape index (κ2) is 9.39. The average Bonchev–Trinajstić information content (AvgIpc) is 1.63. The monoisotopic (exact) mass is 199 g/mol. The Morgan fingerprint density at radius 1 is 1.36 bits per heavy atom. The SMILES string of the molecule is N[C@@H](CC(=O)O)C(=O)O.[KH].[MgH2]. The molecule has 0 saturated heterocycles. The topological polar surface area (TPSA) is 101 Å². The minimum absolute atomic E-state index is 0. The van der Waals surface area contributed by atoms with Crippen LogP contribution in [0.1, 0.15) is 6.42 Å². The Hall–Kier alpha value is 1.30. The molecule has 0 aliphatic heterocycles. The van der Waals surface area contributed by atoms with Gasteiger partial charge >= 0.3 is 86.4 Å². The van der Waals surface area contributed by atoms with E-state index in [0.717, 1.165) is 0 Å². The number of carboxylic acid groups (broad SMARTS) is 2.